The molecule has 0 rings (SSSR count). The summed E-state index contributed by atoms with van der Waals surface area (Å²) in [4.78, 5) is 11.5. The second-order valence-electron chi connectivity index (χ2n) is 4.51. The van der Waals surface area contributed by atoms with Crippen LogP contribution in [-0.2, 0) is 4.79 Å². The van der Waals surface area contributed by atoms with Gasteiger partial charge in [-0.3, -0.25) is 4.79 Å². The second kappa shape index (κ2) is 8.72. The Kier molecular flexibility index (Phi) is 8.38. The van der Waals surface area contributed by atoms with E-state index in [1.54, 1.807) is 0 Å². The van der Waals surface area contributed by atoms with Crippen molar-refractivity contribution in [3.05, 3.63) is 0 Å². The first-order valence-corrected chi connectivity index (χ1v) is 6.09. The number of carbonyl (C=O) groups is 1. The van der Waals surface area contributed by atoms with Crippen LogP contribution in [-0.4, -0.2) is 18.5 Å². The average molecular weight is 214 g/mol. The Bertz CT molecular complexity index is 171. The minimum absolute atomic E-state index is 0.136. The molecule has 1 amide bonds. The average Bonchev–Trinajstić information content (AvgIpc) is 2.17. The van der Waals surface area contributed by atoms with Crippen molar-refractivity contribution in [2.45, 2.75) is 58.9 Å². The largest absolute Gasteiger partial charge is 0.354 e. The fourth-order valence-electron chi connectivity index (χ4n) is 1.51. The molecule has 0 aromatic heterocycles. The first kappa shape index (κ1) is 14.4. The third kappa shape index (κ3) is 8.43. The van der Waals surface area contributed by atoms with Crippen molar-refractivity contribution in [1.82, 2.24) is 5.32 Å². The topological polar surface area (TPSA) is 55.1 Å². The fourth-order valence-corrected chi connectivity index (χ4v) is 1.51. The molecule has 0 spiro atoms. The summed E-state index contributed by atoms with van der Waals surface area (Å²) in [5, 5.41) is 3.01. The van der Waals surface area contributed by atoms with Crippen LogP contribution < -0.4 is 11.1 Å². The maximum atomic E-state index is 11.5. The first-order chi connectivity index (χ1) is 7.10. The summed E-state index contributed by atoms with van der Waals surface area (Å²) < 4.78 is 0. The fraction of sp³-hybridized carbons (Fsp3) is 0.917. The van der Waals surface area contributed by atoms with Crippen LogP contribution in [0.2, 0.25) is 0 Å². The summed E-state index contributed by atoms with van der Waals surface area (Å²) in [5.41, 5.74) is 5.47. The molecule has 0 saturated heterocycles. The summed E-state index contributed by atoms with van der Waals surface area (Å²) in [6.07, 6.45) is 5.31. The van der Waals surface area contributed by atoms with Crippen molar-refractivity contribution >= 4 is 5.91 Å². The van der Waals surface area contributed by atoms with Crippen LogP contribution in [0.4, 0.5) is 0 Å². The number of amides is 1. The van der Waals surface area contributed by atoms with Crippen LogP contribution in [0.3, 0.4) is 0 Å². The van der Waals surface area contributed by atoms with Gasteiger partial charge in [0.05, 0.1) is 0 Å². The lowest BCUT2D eigenvalue weighted by Crippen LogP contribution is -2.34. The van der Waals surface area contributed by atoms with E-state index in [0.717, 1.165) is 6.42 Å². The van der Waals surface area contributed by atoms with Crippen LogP contribution in [0.1, 0.15) is 52.9 Å². The van der Waals surface area contributed by atoms with Crippen LogP contribution in [0.15, 0.2) is 0 Å². The third-order valence-electron chi connectivity index (χ3n) is 2.58. The maximum absolute atomic E-state index is 11.5. The Labute approximate surface area is 93.8 Å². The molecule has 90 valence electrons. The van der Waals surface area contributed by atoms with Gasteiger partial charge in [-0.1, -0.05) is 33.1 Å². The molecule has 3 heteroatoms. The predicted molar refractivity (Wildman–Crippen MR) is 64.6 cm³/mol. The van der Waals surface area contributed by atoms with Gasteiger partial charge in [0.2, 0.25) is 5.91 Å². The van der Waals surface area contributed by atoms with E-state index in [-0.39, 0.29) is 11.8 Å². The number of hydrogen-bond donors (Lipinski definition) is 2. The van der Waals surface area contributed by atoms with Crippen molar-refractivity contribution in [3.8, 4) is 0 Å². The summed E-state index contributed by atoms with van der Waals surface area (Å²) in [5.74, 6) is 0.421. The molecule has 2 unspecified atom stereocenters. The standard InChI is InChI=1S/C12H26N2O/c1-4-5-6-7-11(3)14-12(15)8-10(2)9-13/h10-11H,4-9,13H2,1-3H3,(H,14,15). The molecule has 0 aromatic rings. The molecular weight excluding hydrogens is 188 g/mol. The Balaban J connectivity index is 3.57. The van der Waals surface area contributed by atoms with E-state index >= 15 is 0 Å². The summed E-state index contributed by atoms with van der Waals surface area (Å²) in [6.45, 7) is 6.84. The van der Waals surface area contributed by atoms with Gasteiger partial charge >= 0.3 is 0 Å². The summed E-state index contributed by atoms with van der Waals surface area (Å²) in [6, 6.07) is 0.300. The zero-order valence-electron chi connectivity index (χ0n) is 10.4. The van der Waals surface area contributed by atoms with Gasteiger partial charge in [0.25, 0.3) is 0 Å². The Hall–Kier alpha value is -0.570. The maximum Gasteiger partial charge on any atom is 0.220 e. The lowest BCUT2D eigenvalue weighted by molar-refractivity contribution is -0.122. The van der Waals surface area contributed by atoms with Crippen molar-refractivity contribution < 1.29 is 4.79 Å². The molecule has 2 atom stereocenters. The highest BCUT2D eigenvalue weighted by Gasteiger charge is 2.10. The van der Waals surface area contributed by atoms with Gasteiger partial charge in [-0.05, 0) is 25.8 Å². The normalized spacial score (nSPS) is 14.7. The smallest absolute Gasteiger partial charge is 0.220 e. The lowest BCUT2D eigenvalue weighted by atomic mass is 10.1. The van der Waals surface area contributed by atoms with Crippen molar-refractivity contribution in [2.24, 2.45) is 11.7 Å². The third-order valence-corrected chi connectivity index (χ3v) is 2.58. The molecule has 3 N–H and O–H groups in total. The number of hydrogen-bond acceptors (Lipinski definition) is 2. The van der Waals surface area contributed by atoms with Crippen molar-refractivity contribution in [2.75, 3.05) is 6.54 Å². The van der Waals surface area contributed by atoms with Crippen LogP contribution in [0.25, 0.3) is 0 Å². The number of rotatable bonds is 8. The van der Waals surface area contributed by atoms with Gasteiger partial charge in [0, 0.05) is 12.5 Å². The quantitative estimate of drug-likeness (QED) is 0.608. The second-order valence-corrected chi connectivity index (χ2v) is 4.51. The molecule has 0 heterocycles. The van der Waals surface area contributed by atoms with Crippen LogP contribution in [0, 0.1) is 5.92 Å². The van der Waals surface area contributed by atoms with E-state index in [9.17, 15) is 4.79 Å². The highest BCUT2D eigenvalue weighted by Crippen LogP contribution is 2.04. The van der Waals surface area contributed by atoms with E-state index in [4.69, 9.17) is 5.73 Å². The molecule has 0 aliphatic heterocycles. The first-order valence-electron chi connectivity index (χ1n) is 6.09. The van der Waals surface area contributed by atoms with E-state index in [0.29, 0.717) is 19.0 Å². The van der Waals surface area contributed by atoms with E-state index < -0.39 is 0 Å². The molecule has 0 bridgehead atoms. The Morgan fingerprint density at radius 3 is 2.53 bits per heavy atom. The van der Waals surface area contributed by atoms with Crippen LogP contribution >= 0.6 is 0 Å². The highest BCUT2D eigenvalue weighted by molar-refractivity contribution is 5.76. The van der Waals surface area contributed by atoms with Gasteiger partial charge in [-0.25, -0.2) is 0 Å². The molecule has 0 aliphatic rings. The molecule has 0 aromatic carbocycles. The number of nitrogens with two attached hydrogens (primary N) is 1. The van der Waals surface area contributed by atoms with Gasteiger partial charge in [-0.15, -0.1) is 0 Å². The molecule has 3 nitrogen and oxygen atoms in total. The minimum atomic E-state index is 0.136. The molecule has 0 saturated carbocycles. The minimum Gasteiger partial charge on any atom is -0.354 e. The summed E-state index contributed by atoms with van der Waals surface area (Å²) in [7, 11) is 0. The van der Waals surface area contributed by atoms with Crippen molar-refractivity contribution in [1.29, 1.82) is 0 Å². The van der Waals surface area contributed by atoms with E-state index in [1.165, 1.54) is 19.3 Å². The number of nitrogens with one attached hydrogen (secondary N) is 1. The Morgan fingerprint density at radius 2 is 2.00 bits per heavy atom. The predicted octanol–water partition coefficient (Wildman–Crippen LogP) is 2.06. The molecular formula is C12H26N2O. The number of unbranched alkanes of at least 4 members (excludes halogenated alkanes) is 2. The van der Waals surface area contributed by atoms with Gasteiger partial charge < -0.3 is 11.1 Å². The molecule has 0 radical (unpaired) electrons. The van der Waals surface area contributed by atoms with Crippen molar-refractivity contribution in [3.63, 3.8) is 0 Å². The van der Waals surface area contributed by atoms with Gasteiger partial charge in [-0.2, -0.15) is 0 Å². The van der Waals surface area contributed by atoms with E-state index in [2.05, 4.69) is 19.2 Å². The zero-order valence-corrected chi connectivity index (χ0v) is 10.4. The zero-order chi connectivity index (χ0) is 11.7. The Morgan fingerprint density at radius 1 is 1.33 bits per heavy atom. The highest BCUT2D eigenvalue weighted by atomic mass is 16.1. The van der Waals surface area contributed by atoms with E-state index in [1.807, 2.05) is 6.92 Å². The molecule has 0 aliphatic carbocycles. The molecule has 0 fully saturated rings. The summed E-state index contributed by atoms with van der Waals surface area (Å²) >= 11 is 0. The van der Waals surface area contributed by atoms with Crippen LogP contribution in [0.5, 0.6) is 0 Å². The lowest BCUT2D eigenvalue weighted by Gasteiger charge is -2.15. The molecule has 15 heavy (non-hydrogen) atoms. The van der Waals surface area contributed by atoms with Gasteiger partial charge in [0.1, 0.15) is 0 Å². The monoisotopic (exact) mass is 214 g/mol. The number of carbonyl (C=O) groups excluding carboxylic acids is 1. The van der Waals surface area contributed by atoms with Gasteiger partial charge in [0.15, 0.2) is 0 Å². The SMILES string of the molecule is CCCCCC(C)NC(=O)CC(C)CN.